The number of amides is 2. The molecule has 1 heterocycles. The molecular formula is C17H26N2O3. The molecule has 22 heavy (non-hydrogen) atoms. The summed E-state index contributed by atoms with van der Waals surface area (Å²) in [7, 11) is 1.71. The highest BCUT2D eigenvalue weighted by Gasteiger charge is 2.25. The number of nitrogens with one attached hydrogen (secondary N) is 1. The van der Waals surface area contributed by atoms with E-state index in [1.807, 2.05) is 37.3 Å². The highest BCUT2D eigenvalue weighted by Crippen LogP contribution is 2.26. The molecule has 0 saturated carbocycles. The van der Waals surface area contributed by atoms with E-state index in [-0.39, 0.29) is 24.7 Å². The number of carbonyl (C=O) groups excluding carboxylic acids is 1. The zero-order chi connectivity index (χ0) is 15.9. The molecule has 0 radical (unpaired) electrons. The third kappa shape index (κ3) is 4.45. The predicted molar refractivity (Wildman–Crippen MR) is 85.6 cm³/mol. The second-order valence-electron chi connectivity index (χ2n) is 6.02. The third-order valence-corrected chi connectivity index (χ3v) is 4.34. The Labute approximate surface area is 132 Å². The van der Waals surface area contributed by atoms with Crippen molar-refractivity contribution in [3.8, 4) is 0 Å². The van der Waals surface area contributed by atoms with Crippen LogP contribution in [0.1, 0.15) is 31.4 Å². The topological polar surface area (TPSA) is 61.8 Å². The molecule has 1 aromatic carbocycles. The molecule has 5 heteroatoms. The summed E-state index contributed by atoms with van der Waals surface area (Å²) in [5, 5.41) is 12.3. The zero-order valence-corrected chi connectivity index (χ0v) is 13.4. The molecule has 1 saturated heterocycles. The van der Waals surface area contributed by atoms with Gasteiger partial charge in [-0.25, -0.2) is 4.79 Å². The lowest BCUT2D eigenvalue weighted by atomic mass is 9.94. The van der Waals surface area contributed by atoms with Crippen LogP contribution in [-0.4, -0.2) is 48.9 Å². The van der Waals surface area contributed by atoms with E-state index in [2.05, 4.69) is 5.32 Å². The fourth-order valence-electron chi connectivity index (χ4n) is 2.64. The second-order valence-corrected chi connectivity index (χ2v) is 6.02. The van der Waals surface area contributed by atoms with Crippen LogP contribution < -0.4 is 5.32 Å². The molecule has 0 bridgehead atoms. The number of hydrogen-bond acceptors (Lipinski definition) is 3. The minimum atomic E-state index is -0.203. The van der Waals surface area contributed by atoms with Crippen LogP contribution in [0.15, 0.2) is 30.3 Å². The second kappa shape index (κ2) is 8.15. The lowest BCUT2D eigenvalue weighted by Crippen LogP contribution is -2.45. The van der Waals surface area contributed by atoms with E-state index < -0.39 is 0 Å². The first-order valence-corrected chi connectivity index (χ1v) is 7.88. The highest BCUT2D eigenvalue weighted by atomic mass is 16.5. The van der Waals surface area contributed by atoms with Gasteiger partial charge in [0.05, 0.1) is 18.7 Å². The highest BCUT2D eigenvalue weighted by molar-refractivity contribution is 5.74. The Morgan fingerprint density at radius 1 is 1.45 bits per heavy atom. The smallest absolute Gasteiger partial charge is 0.317 e. The standard InChI is InChI=1S/C17H26N2O3/c1-13(11-20)19(2)17(21)18-16(10-14-8-9-22-12-14)15-6-4-3-5-7-15/h3-7,13-14,16,20H,8-12H2,1-2H3,(H,18,21). The van der Waals surface area contributed by atoms with Gasteiger partial charge in [-0.05, 0) is 31.2 Å². The number of nitrogens with zero attached hydrogens (tertiary/aromatic N) is 1. The van der Waals surface area contributed by atoms with Crippen molar-refractivity contribution in [1.82, 2.24) is 10.2 Å². The third-order valence-electron chi connectivity index (χ3n) is 4.34. The summed E-state index contributed by atoms with van der Waals surface area (Å²) in [6.07, 6.45) is 1.92. The van der Waals surface area contributed by atoms with E-state index in [0.717, 1.165) is 31.6 Å². The van der Waals surface area contributed by atoms with Gasteiger partial charge in [-0.3, -0.25) is 0 Å². The Bertz CT molecular complexity index is 460. The van der Waals surface area contributed by atoms with Crippen molar-refractivity contribution in [3.63, 3.8) is 0 Å². The SMILES string of the molecule is CC(CO)N(C)C(=O)NC(CC1CCOC1)c1ccccc1. The van der Waals surface area contributed by atoms with Gasteiger partial charge in [-0.2, -0.15) is 0 Å². The number of rotatable bonds is 6. The van der Waals surface area contributed by atoms with E-state index in [0.29, 0.717) is 5.92 Å². The number of ether oxygens (including phenoxy) is 1. The van der Waals surface area contributed by atoms with E-state index in [1.165, 1.54) is 0 Å². The van der Waals surface area contributed by atoms with Gasteiger partial charge >= 0.3 is 6.03 Å². The molecule has 122 valence electrons. The van der Waals surface area contributed by atoms with Gasteiger partial charge in [0.1, 0.15) is 0 Å². The number of likely N-dealkylation sites (N-methyl/N-ethyl adjacent to an activating group) is 1. The summed E-state index contributed by atoms with van der Waals surface area (Å²) in [5.41, 5.74) is 1.10. The molecule has 1 aliphatic heterocycles. The van der Waals surface area contributed by atoms with E-state index in [4.69, 9.17) is 4.74 Å². The minimum Gasteiger partial charge on any atom is -0.394 e. The van der Waals surface area contributed by atoms with Crippen molar-refractivity contribution in [2.24, 2.45) is 5.92 Å². The first-order chi connectivity index (χ1) is 10.6. The van der Waals surface area contributed by atoms with E-state index in [9.17, 15) is 9.90 Å². The molecule has 1 fully saturated rings. The summed E-state index contributed by atoms with van der Waals surface area (Å²) in [6.45, 7) is 3.35. The molecule has 0 aliphatic carbocycles. The van der Waals surface area contributed by atoms with E-state index in [1.54, 1.807) is 11.9 Å². The van der Waals surface area contributed by atoms with Crippen LogP contribution in [-0.2, 0) is 4.74 Å². The summed E-state index contributed by atoms with van der Waals surface area (Å²) in [6, 6.07) is 9.63. The summed E-state index contributed by atoms with van der Waals surface area (Å²) in [5.74, 6) is 0.478. The Kier molecular flexibility index (Phi) is 6.21. The van der Waals surface area contributed by atoms with Gasteiger partial charge in [0, 0.05) is 20.3 Å². The van der Waals surface area contributed by atoms with Crippen LogP contribution in [0, 0.1) is 5.92 Å². The minimum absolute atomic E-state index is 0.0336. The van der Waals surface area contributed by atoms with Gasteiger partial charge in [0.2, 0.25) is 0 Å². The molecule has 3 unspecified atom stereocenters. The maximum atomic E-state index is 12.4. The van der Waals surface area contributed by atoms with Crippen LogP contribution in [0.5, 0.6) is 0 Å². The monoisotopic (exact) mass is 306 g/mol. The molecule has 5 nitrogen and oxygen atoms in total. The molecule has 3 atom stereocenters. The number of benzene rings is 1. The summed E-state index contributed by atoms with van der Waals surface area (Å²) < 4.78 is 5.45. The van der Waals surface area contributed by atoms with E-state index >= 15 is 0 Å². The Morgan fingerprint density at radius 3 is 2.77 bits per heavy atom. The van der Waals surface area contributed by atoms with Crippen molar-refractivity contribution in [3.05, 3.63) is 35.9 Å². The normalized spacial score (nSPS) is 20.4. The lowest BCUT2D eigenvalue weighted by Gasteiger charge is -2.28. The predicted octanol–water partition coefficient (Wildman–Crippen LogP) is 2.18. The van der Waals surface area contributed by atoms with Gasteiger partial charge in [-0.1, -0.05) is 30.3 Å². The van der Waals surface area contributed by atoms with Gasteiger partial charge in [-0.15, -0.1) is 0 Å². The van der Waals surface area contributed by atoms with Crippen LogP contribution in [0.3, 0.4) is 0 Å². The van der Waals surface area contributed by atoms with Crippen LogP contribution >= 0.6 is 0 Å². The quantitative estimate of drug-likeness (QED) is 0.847. The Hall–Kier alpha value is -1.59. The number of aliphatic hydroxyl groups excluding tert-OH is 1. The van der Waals surface area contributed by atoms with Crippen molar-refractivity contribution in [2.75, 3.05) is 26.9 Å². The number of hydrogen-bond donors (Lipinski definition) is 2. The molecule has 0 aromatic heterocycles. The fraction of sp³-hybridized carbons (Fsp3) is 0.588. The lowest BCUT2D eigenvalue weighted by molar-refractivity contribution is 0.152. The van der Waals surface area contributed by atoms with Crippen molar-refractivity contribution < 1.29 is 14.6 Å². The number of aliphatic hydroxyl groups is 1. The zero-order valence-electron chi connectivity index (χ0n) is 13.4. The Morgan fingerprint density at radius 2 is 2.18 bits per heavy atom. The maximum Gasteiger partial charge on any atom is 0.317 e. The first-order valence-electron chi connectivity index (χ1n) is 7.88. The molecule has 1 aromatic rings. The molecule has 2 amide bonds. The van der Waals surface area contributed by atoms with Crippen molar-refractivity contribution in [1.29, 1.82) is 0 Å². The maximum absolute atomic E-state index is 12.4. The molecule has 1 aliphatic rings. The van der Waals surface area contributed by atoms with Gasteiger partial charge in [0.15, 0.2) is 0 Å². The number of urea groups is 1. The molecule has 0 spiro atoms. The van der Waals surface area contributed by atoms with Crippen LogP contribution in [0.2, 0.25) is 0 Å². The molecular weight excluding hydrogens is 280 g/mol. The van der Waals surface area contributed by atoms with Crippen molar-refractivity contribution in [2.45, 2.75) is 31.8 Å². The van der Waals surface area contributed by atoms with Crippen LogP contribution in [0.4, 0.5) is 4.79 Å². The largest absolute Gasteiger partial charge is 0.394 e. The molecule has 2 N–H and O–H groups in total. The fourth-order valence-corrected chi connectivity index (χ4v) is 2.64. The van der Waals surface area contributed by atoms with Crippen molar-refractivity contribution >= 4 is 6.03 Å². The molecule has 2 rings (SSSR count). The number of carbonyl (C=O) groups is 1. The first kappa shape index (κ1) is 16.8. The average molecular weight is 306 g/mol. The average Bonchev–Trinajstić information content (AvgIpc) is 3.06. The summed E-state index contributed by atoms with van der Waals surface area (Å²) in [4.78, 5) is 13.9. The van der Waals surface area contributed by atoms with Crippen LogP contribution in [0.25, 0.3) is 0 Å². The summed E-state index contributed by atoms with van der Waals surface area (Å²) >= 11 is 0. The Balaban J connectivity index is 2.05. The van der Waals surface area contributed by atoms with Gasteiger partial charge in [0.25, 0.3) is 0 Å². The van der Waals surface area contributed by atoms with Gasteiger partial charge < -0.3 is 20.1 Å².